The molecule has 14 N–H and O–H groups in total. The van der Waals surface area contributed by atoms with Crippen LogP contribution in [0.2, 0.25) is 0 Å². The average Bonchev–Trinajstić information content (AvgIpc) is 2.11. The number of aromatic nitrogens is 2. The van der Waals surface area contributed by atoms with Gasteiger partial charge in [0.1, 0.15) is 46.3 Å². The number of aliphatic hydroxyl groups is 6. The summed E-state index contributed by atoms with van der Waals surface area (Å²) in [5.74, 6) is -11.1. The van der Waals surface area contributed by atoms with Crippen molar-refractivity contribution in [2.75, 3.05) is 37.6 Å². The van der Waals surface area contributed by atoms with E-state index < -0.39 is 177 Å². The molecule has 88 heavy (non-hydrogen) atoms. The number of carbonyl (C=O) groups excluding carboxylic acids is 8. The van der Waals surface area contributed by atoms with E-state index in [1.807, 2.05) is 12.1 Å². The summed E-state index contributed by atoms with van der Waals surface area (Å²) in [6.07, 6.45) is -10.1. The minimum absolute atomic E-state index is 0. The van der Waals surface area contributed by atoms with E-state index in [9.17, 15) is 79.4 Å². The molecule has 4 aliphatic heterocycles. The molecular formula is C55H68N11NaO19S2. The molecule has 8 rings (SSSR count). The number of fused-ring (bicyclic) bond motifs is 2. The van der Waals surface area contributed by atoms with Gasteiger partial charge in [-0.1, -0.05) is 36.5 Å². The number of phenolic OH excluding ortho intramolecular Hbond substituents is 1. The molecule has 12 unspecified atom stereocenters. The predicted molar refractivity (Wildman–Crippen MR) is 304 cm³/mol. The van der Waals surface area contributed by atoms with Crippen molar-refractivity contribution in [3.05, 3.63) is 77.9 Å². The van der Waals surface area contributed by atoms with Crippen LogP contribution < -0.4 is 76.2 Å². The van der Waals surface area contributed by atoms with Crippen LogP contribution in [0.15, 0.2) is 66.7 Å². The van der Waals surface area contributed by atoms with Crippen LogP contribution in [0.4, 0.5) is 5.69 Å². The maximum atomic E-state index is 14.7. The molecule has 33 heteroatoms. The Hall–Kier alpha value is -6.63. The van der Waals surface area contributed by atoms with Gasteiger partial charge in [-0.05, 0) is 80.3 Å². The van der Waals surface area contributed by atoms with Gasteiger partial charge in [0.05, 0.1) is 43.0 Å². The van der Waals surface area contributed by atoms with Crippen molar-refractivity contribution >= 4 is 76.6 Å². The van der Waals surface area contributed by atoms with E-state index in [0.29, 0.717) is 15.6 Å². The predicted octanol–water partition coefficient (Wildman–Crippen LogP) is -6.44. The number of primary amides is 1. The van der Waals surface area contributed by atoms with Crippen molar-refractivity contribution in [2.24, 2.45) is 11.7 Å². The molecule has 0 saturated carbocycles. The van der Waals surface area contributed by atoms with Gasteiger partial charge in [0.2, 0.25) is 41.4 Å². The summed E-state index contributed by atoms with van der Waals surface area (Å²) in [4.78, 5) is 117. The van der Waals surface area contributed by atoms with Crippen molar-refractivity contribution < 1.29 is 122 Å². The van der Waals surface area contributed by atoms with Gasteiger partial charge in [-0.3, -0.25) is 43.4 Å². The number of carbonyl (C=O) groups is 8. The van der Waals surface area contributed by atoms with Crippen LogP contribution in [0.3, 0.4) is 0 Å². The van der Waals surface area contributed by atoms with Gasteiger partial charge in [-0.15, -0.1) is 14.5 Å². The number of aliphatic hydroxyl groups excluding tert-OH is 6. The Morgan fingerprint density at radius 3 is 2.05 bits per heavy atom. The summed E-state index contributed by atoms with van der Waals surface area (Å²) in [6.45, 7) is 2.86. The summed E-state index contributed by atoms with van der Waals surface area (Å²) in [6, 6.07) is 5.96. The molecule has 0 spiro atoms. The molecule has 4 saturated heterocycles. The van der Waals surface area contributed by atoms with Crippen LogP contribution in [0.5, 0.6) is 11.5 Å². The normalized spacial score (nSPS) is 26.2. The van der Waals surface area contributed by atoms with Crippen LogP contribution >= 0.6 is 23.7 Å². The van der Waals surface area contributed by atoms with Gasteiger partial charge in [0.15, 0.2) is 11.5 Å². The van der Waals surface area contributed by atoms with E-state index in [1.165, 1.54) is 42.9 Å². The first kappa shape index (κ1) is 68.9. The van der Waals surface area contributed by atoms with Crippen LogP contribution in [0.1, 0.15) is 68.3 Å². The monoisotopic (exact) mass is 1270 g/mol. The van der Waals surface area contributed by atoms with Gasteiger partial charge >= 0.3 is 29.6 Å². The van der Waals surface area contributed by atoms with Gasteiger partial charge in [0, 0.05) is 80.3 Å². The number of anilines is 1. The number of rotatable bonds is 16. The molecule has 5 heterocycles. The summed E-state index contributed by atoms with van der Waals surface area (Å²) < 4.78 is 9.15. The smallest absolute Gasteiger partial charge is 0.691 e. The van der Waals surface area contributed by atoms with Crippen molar-refractivity contribution in [3.63, 3.8) is 0 Å². The van der Waals surface area contributed by atoms with Gasteiger partial charge < -0.3 is 92.2 Å². The molecule has 470 valence electrons. The minimum Gasteiger partial charge on any atom is -0.691 e. The standard InChI is InChI=1S/C55H69N11O19S2.Na/c1-26-24-66-45(46(26)74)51(79)57-23-33(68)20-35(58-47(75)29-7-9-30(10-8-29)52-62-63-53(86-52)31-11-13-32(14-12-31)64-16-4-3-5-17-64)48(76)59-42(27(2)67)54(80)65-25-34(69)21-36(65)49(77)60-43(50(78)61-44(55(66)81)39(72)22-41(56)73)38(71)18-28-6-15-37(70)40(19-28)83-87-85-84-82;/h6-15,19,26-27,33-36,38-39,42-46,67-72,74,82H,3-5,16-18,20-25H2,1-2H3,(H2,56,73)(H,57,79)(H,58,75)(H,59,76)(H,60,77)(H,61,78);/q;+1/p-1/t26?,27?,33?,34?,35-,36?,38?,39?,42?,43?,44?,45?,46?;/m0./s1. The zero-order chi connectivity index (χ0) is 62.8. The van der Waals surface area contributed by atoms with Gasteiger partial charge in [0.25, 0.3) is 18.2 Å². The van der Waals surface area contributed by atoms with Crippen molar-refractivity contribution in [1.82, 2.24) is 46.6 Å². The molecule has 0 aliphatic carbocycles. The average molecular weight is 1270 g/mol. The van der Waals surface area contributed by atoms with Crippen LogP contribution in [0, 0.1) is 5.92 Å². The van der Waals surface area contributed by atoms with Crippen LogP contribution in [-0.4, -0.2) is 209 Å². The Bertz CT molecular complexity index is 3130. The van der Waals surface area contributed by atoms with Gasteiger partial charge in [-0.25, -0.2) is 0 Å². The molecule has 30 nitrogen and oxygen atoms in total. The summed E-state index contributed by atoms with van der Waals surface area (Å²) in [5.41, 5.74) is 8.08. The Morgan fingerprint density at radius 1 is 0.784 bits per heavy atom. The third-order valence-corrected chi connectivity index (χ3v) is 16.8. The number of hydrogen-bond donors (Lipinski definition) is 13. The number of phenols is 1. The summed E-state index contributed by atoms with van der Waals surface area (Å²) in [5, 5.41) is 114. The first-order valence-corrected chi connectivity index (χ1v) is 29.4. The topological polar surface area (TPSA) is 451 Å². The molecule has 13 atom stereocenters. The fraction of sp³-hybridized carbons (Fsp3) is 0.491. The second-order valence-corrected chi connectivity index (χ2v) is 23.3. The maximum Gasteiger partial charge on any atom is 1.00 e. The maximum absolute atomic E-state index is 14.7. The summed E-state index contributed by atoms with van der Waals surface area (Å²) >= 11 is 1.32. The Labute approximate surface area is 534 Å². The van der Waals surface area contributed by atoms with Crippen molar-refractivity contribution in [1.29, 1.82) is 0 Å². The van der Waals surface area contributed by atoms with E-state index in [2.05, 4.69) is 63.2 Å². The van der Waals surface area contributed by atoms with Gasteiger partial charge in [-0.2, -0.15) is 0 Å². The Kier molecular flexibility index (Phi) is 24.4. The van der Waals surface area contributed by atoms with Crippen LogP contribution in [0.25, 0.3) is 21.1 Å². The molecule has 0 radical (unpaired) electrons. The fourth-order valence-electron chi connectivity index (χ4n) is 10.8. The number of aromatic hydroxyl groups is 1. The fourth-order valence-corrected chi connectivity index (χ4v) is 12.0. The molecule has 4 aliphatic rings. The number of nitrogens with zero attached hydrogens (tertiary/aromatic N) is 5. The number of benzene rings is 3. The first-order chi connectivity index (χ1) is 41.5. The molecule has 4 aromatic rings. The number of nitrogens with one attached hydrogen (secondary N) is 5. The largest absolute Gasteiger partial charge is 1.00 e. The molecule has 3 aromatic carbocycles. The quantitative estimate of drug-likeness (QED) is 0.0163. The number of piperidine rings is 1. The SMILES string of the molecule is CC(O)C1NC(=O)[C@@H](NC(=O)c2ccc(-c3nnc(-c4ccc(N5CCCCC5)cc4)s3)cc2)CC(O)CNC(=O)C2C(O)C(C)CN2C(=O)C(C(O)CC(N)=O)NC(=O)C(C(O)Cc2ccc(O)c(OSOO[O-])c2)NC(=O)C2CC(O)CN2C1=O.[Na+]. The molecule has 8 amide bonds. The molecule has 4 fully saturated rings. The number of β-amino-alcohol motifs (C(OH)–C–C–N with tert-alkyl or cyclic N) is 1. The van der Waals surface area contributed by atoms with Crippen molar-refractivity contribution in [2.45, 2.75) is 132 Å². The Balaban J connectivity index is 0.0000110. The molecular weight excluding hydrogens is 1210 g/mol. The zero-order valence-corrected chi connectivity index (χ0v) is 51.6. The number of nitrogens with two attached hydrogens (primary N) is 1. The minimum atomic E-state index is -2.22. The second-order valence-electron chi connectivity index (χ2n) is 21.8. The van der Waals surface area contributed by atoms with E-state index in [-0.39, 0.29) is 58.8 Å². The van der Waals surface area contributed by atoms with E-state index in [1.54, 1.807) is 12.1 Å². The molecule has 0 bridgehead atoms. The number of amides is 8. The number of hydrogen-bond acceptors (Lipinski definition) is 24. The van der Waals surface area contributed by atoms with E-state index >= 15 is 0 Å². The molecule has 1 aromatic heterocycles. The third kappa shape index (κ3) is 17.0. The first-order valence-electron chi connectivity index (χ1n) is 27.9. The van der Waals surface area contributed by atoms with E-state index in [4.69, 9.17) is 9.92 Å². The summed E-state index contributed by atoms with van der Waals surface area (Å²) in [7, 11) is 0. The zero-order valence-electron chi connectivity index (χ0n) is 48.0. The van der Waals surface area contributed by atoms with Crippen molar-refractivity contribution in [3.8, 4) is 32.6 Å². The third-order valence-electron chi connectivity index (χ3n) is 15.5. The van der Waals surface area contributed by atoms with E-state index in [0.717, 1.165) is 66.0 Å². The second kappa shape index (κ2) is 31.2. The van der Waals surface area contributed by atoms with Crippen LogP contribution in [-0.2, 0) is 49.4 Å². The Morgan fingerprint density at radius 2 is 1.41 bits per heavy atom.